The van der Waals surface area contributed by atoms with Crippen molar-refractivity contribution in [1.29, 1.82) is 0 Å². The lowest BCUT2D eigenvalue weighted by molar-refractivity contribution is 0.163. The van der Waals surface area contributed by atoms with E-state index < -0.39 is 0 Å². The number of likely N-dealkylation sites (tertiary alicyclic amines) is 1. The third kappa shape index (κ3) is 6.75. The first-order chi connectivity index (χ1) is 15.5. The molecule has 4 rings (SSSR count). The number of benzene rings is 1. The Labute approximate surface area is 213 Å². The van der Waals surface area contributed by atoms with Crippen molar-refractivity contribution in [3.05, 3.63) is 41.1 Å². The van der Waals surface area contributed by atoms with E-state index >= 15 is 0 Å². The highest BCUT2D eigenvalue weighted by molar-refractivity contribution is 14.0. The molecule has 0 atom stereocenters. The Kier molecular flexibility index (Phi) is 9.25. The van der Waals surface area contributed by atoms with Crippen LogP contribution in [-0.4, -0.2) is 67.7 Å². The minimum atomic E-state index is 0. The van der Waals surface area contributed by atoms with Gasteiger partial charge in [-0.1, -0.05) is 6.07 Å². The Bertz CT molecular complexity index is 921. The summed E-state index contributed by atoms with van der Waals surface area (Å²) in [6, 6.07) is 6.14. The van der Waals surface area contributed by atoms with Crippen molar-refractivity contribution in [3.8, 4) is 11.5 Å². The van der Waals surface area contributed by atoms with Gasteiger partial charge in [0.05, 0.1) is 12.2 Å². The molecule has 2 aliphatic rings. The fraction of sp³-hybridized carbons (Fsp3) is 0.583. The van der Waals surface area contributed by atoms with Gasteiger partial charge in [0.1, 0.15) is 19.0 Å². The van der Waals surface area contributed by atoms with Gasteiger partial charge in [0, 0.05) is 27.2 Å². The zero-order chi connectivity index (χ0) is 22.5. The molecule has 0 bridgehead atoms. The van der Waals surface area contributed by atoms with Crippen LogP contribution in [0.5, 0.6) is 11.5 Å². The molecule has 8 nitrogen and oxygen atoms in total. The number of aliphatic imine (C=N–C) groups is 1. The van der Waals surface area contributed by atoms with E-state index in [0.717, 1.165) is 80.4 Å². The molecule has 1 aromatic carbocycles. The standard InChI is InChI=1S/C24H35N5O3.HI/c1-17-18(2)32-23(27-17)16-29-9-7-19(8-10-29)14-26-24(25-3)28(4)15-20-5-6-21-22(13-20)31-12-11-30-21;/h5-6,13,19H,7-12,14-16H2,1-4H3,(H,25,26);1H. The number of rotatable bonds is 6. The van der Waals surface area contributed by atoms with Crippen LogP contribution in [0.1, 0.15) is 35.7 Å². The van der Waals surface area contributed by atoms with Gasteiger partial charge in [-0.3, -0.25) is 9.89 Å². The summed E-state index contributed by atoms with van der Waals surface area (Å²) in [5.74, 6) is 4.95. The van der Waals surface area contributed by atoms with Crippen LogP contribution in [-0.2, 0) is 13.1 Å². The molecule has 2 aliphatic heterocycles. The molecule has 0 aliphatic carbocycles. The molecule has 1 saturated heterocycles. The first-order valence-corrected chi connectivity index (χ1v) is 11.5. The van der Waals surface area contributed by atoms with Gasteiger partial charge in [0.25, 0.3) is 0 Å². The van der Waals surface area contributed by atoms with E-state index in [1.165, 1.54) is 5.56 Å². The predicted octanol–water partition coefficient (Wildman–Crippen LogP) is 3.60. The van der Waals surface area contributed by atoms with Crippen LogP contribution in [0.25, 0.3) is 0 Å². The summed E-state index contributed by atoms with van der Waals surface area (Å²) in [4.78, 5) is 13.6. The van der Waals surface area contributed by atoms with Crippen molar-refractivity contribution in [2.75, 3.05) is 46.9 Å². The van der Waals surface area contributed by atoms with Crippen molar-refractivity contribution in [2.45, 2.75) is 39.8 Å². The van der Waals surface area contributed by atoms with Crippen LogP contribution in [0.4, 0.5) is 0 Å². The number of fused-ring (bicyclic) bond motifs is 1. The minimum absolute atomic E-state index is 0. The fourth-order valence-corrected chi connectivity index (χ4v) is 4.30. The summed E-state index contributed by atoms with van der Waals surface area (Å²) >= 11 is 0. The molecule has 1 fully saturated rings. The molecule has 0 radical (unpaired) electrons. The summed E-state index contributed by atoms with van der Waals surface area (Å²) in [7, 11) is 3.90. The monoisotopic (exact) mass is 569 g/mol. The van der Waals surface area contributed by atoms with Crippen molar-refractivity contribution >= 4 is 29.9 Å². The van der Waals surface area contributed by atoms with Crippen LogP contribution >= 0.6 is 24.0 Å². The molecule has 0 spiro atoms. The van der Waals surface area contributed by atoms with Gasteiger partial charge in [-0.05, 0) is 63.4 Å². The van der Waals surface area contributed by atoms with Gasteiger partial charge in [-0.2, -0.15) is 0 Å². The highest BCUT2D eigenvalue weighted by Gasteiger charge is 2.22. The van der Waals surface area contributed by atoms with E-state index in [1.807, 2.05) is 27.0 Å². The minimum Gasteiger partial charge on any atom is -0.486 e. The van der Waals surface area contributed by atoms with Crippen LogP contribution in [0.3, 0.4) is 0 Å². The second-order valence-electron chi connectivity index (χ2n) is 8.73. The van der Waals surface area contributed by atoms with Crippen molar-refractivity contribution < 1.29 is 13.9 Å². The maximum absolute atomic E-state index is 5.74. The van der Waals surface area contributed by atoms with E-state index in [2.05, 4.69) is 44.3 Å². The number of nitrogens with one attached hydrogen (secondary N) is 1. The highest BCUT2D eigenvalue weighted by Crippen LogP contribution is 2.31. The maximum atomic E-state index is 5.74. The predicted molar refractivity (Wildman–Crippen MR) is 140 cm³/mol. The number of piperidine rings is 1. The lowest BCUT2D eigenvalue weighted by Crippen LogP contribution is -2.43. The number of halogens is 1. The lowest BCUT2D eigenvalue weighted by Gasteiger charge is -2.32. The average molecular weight is 569 g/mol. The summed E-state index contributed by atoms with van der Waals surface area (Å²) < 4.78 is 17.1. The third-order valence-electron chi connectivity index (χ3n) is 6.29. The van der Waals surface area contributed by atoms with Crippen molar-refractivity contribution in [2.24, 2.45) is 10.9 Å². The van der Waals surface area contributed by atoms with Crippen molar-refractivity contribution in [1.82, 2.24) is 20.1 Å². The number of hydrogen-bond donors (Lipinski definition) is 1. The molecule has 1 aromatic heterocycles. The second-order valence-corrected chi connectivity index (χ2v) is 8.73. The molecule has 182 valence electrons. The molecular formula is C24H36IN5O3. The molecule has 9 heteroatoms. The number of hydrogen-bond acceptors (Lipinski definition) is 6. The quantitative estimate of drug-likeness (QED) is 0.324. The largest absolute Gasteiger partial charge is 0.486 e. The number of guanidine groups is 1. The Morgan fingerprint density at radius 3 is 2.58 bits per heavy atom. The Hall–Kier alpha value is -2.01. The van der Waals surface area contributed by atoms with Crippen LogP contribution in [0.15, 0.2) is 27.6 Å². The van der Waals surface area contributed by atoms with Gasteiger partial charge in [0.15, 0.2) is 17.5 Å². The molecule has 0 amide bonds. The van der Waals surface area contributed by atoms with E-state index in [4.69, 9.17) is 13.9 Å². The molecule has 0 saturated carbocycles. The Balaban J connectivity index is 0.00000306. The molecule has 2 aromatic rings. The molecule has 3 heterocycles. The van der Waals surface area contributed by atoms with E-state index in [9.17, 15) is 0 Å². The van der Waals surface area contributed by atoms with E-state index in [-0.39, 0.29) is 24.0 Å². The number of ether oxygens (including phenoxy) is 2. The molecular weight excluding hydrogens is 533 g/mol. The first-order valence-electron chi connectivity index (χ1n) is 11.5. The highest BCUT2D eigenvalue weighted by atomic mass is 127. The van der Waals surface area contributed by atoms with Gasteiger partial charge in [0.2, 0.25) is 5.89 Å². The normalized spacial score (nSPS) is 16.9. The second kappa shape index (κ2) is 11.9. The Morgan fingerprint density at radius 2 is 1.91 bits per heavy atom. The Morgan fingerprint density at radius 1 is 1.18 bits per heavy atom. The summed E-state index contributed by atoms with van der Waals surface area (Å²) in [6.07, 6.45) is 2.32. The van der Waals surface area contributed by atoms with Gasteiger partial charge in [-0.25, -0.2) is 4.98 Å². The third-order valence-corrected chi connectivity index (χ3v) is 6.29. The zero-order valence-electron chi connectivity index (χ0n) is 20.1. The summed E-state index contributed by atoms with van der Waals surface area (Å²) in [6.45, 7) is 9.81. The zero-order valence-corrected chi connectivity index (χ0v) is 22.4. The maximum Gasteiger partial charge on any atom is 0.208 e. The molecule has 1 N–H and O–H groups in total. The van der Waals surface area contributed by atoms with Crippen molar-refractivity contribution in [3.63, 3.8) is 0 Å². The molecule has 33 heavy (non-hydrogen) atoms. The van der Waals surface area contributed by atoms with Crippen LogP contribution in [0.2, 0.25) is 0 Å². The first kappa shape index (κ1) is 25.6. The number of oxazole rings is 1. The fourth-order valence-electron chi connectivity index (χ4n) is 4.30. The van der Waals surface area contributed by atoms with E-state index in [1.54, 1.807) is 0 Å². The smallest absolute Gasteiger partial charge is 0.208 e. The van der Waals surface area contributed by atoms with Gasteiger partial charge >= 0.3 is 0 Å². The van der Waals surface area contributed by atoms with E-state index in [0.29, 0.717) is 19.1 Å². The lowest BCUT2D eigenvalue weighted by atomic mass is 9.97. The topological polar surface area (TPSA) is 75.4 Å². The van der Waals surface area contributed by atoms with Gasteiger partial charge in [-0.15, -0.1) is 24.0 Å². The molecule has 0 unspecified atom stereocenters. The number of nitrogens with zero attached hydrogens (tertiary/aromatic N) is 4. The number of aryl methyl sites for hydroxylation is 2. The van der Waals surface area contributed by atoms with Gasteiger partial charge < -0.3 is 24.1 Å². The SMILES string of the molecule is CN=C(NCC1CCN(Cc2nc(C)c(C)o2)CC1)N(C)Cc1ccc2c(c1)OCCO2.I. The summed E-state index contributed by atoms with van der Waals surface area (Å²) in [5, 5.41) is 3.57. The van der Waals surface area contributed by atoms with Crippen LogP contribution < -0.4 is 14.8 Å². The summed E-state index contributed by atoms with van der Waals surface area (Å²) in [5.41, 5.74) is 2.16. The average Bonchev–Trinajstić information content (AvgIpc) is 3.11. The number of aromatic nitrogens is 1. The van der Waals surface area contributed by atoms with Crippen LogP contribution in [0, 0.1) is 19.8 Å².